The van der Waals surface area contributed by atoms with Gasteiger partial charge in [0.05, 0.1) is 8.96 Å². The Morgan fingerprint density at radius 3 is 2.62 bits per heavy atom. The number of pyridine rings is 1. The summed E-state index contributed by atoms with van der Waals surface area (Å²) in [5, 5.41) is 1.37. The van der Waals surface area contributed by atoms with Crippen LogP contribution in [0.15, 0.2) is 24.3 Å². The van der Waals surface area contributed by atoms with Crippen LogP contribution in [0.1, 0.15) is 24.6 Å². The number of hydrogen-bond acceptors (Lipinski definition) is 0. The molecule has 0 spiro atoms. The highest BCUT2D eigenvalue weighted by Crippen LogP contribution is 2.23. The second kappa shape index (κ2) is 4.70. The third-order valence-corrected chi connectivity index (χ3v) is 4.58. The van der Waals surface area contributed by atoms with E-state index in [1.807, 2.05) is 0 Å². The fraction of sp³-hybridized carbons (Fsp3) is 0.357. The van der Waals surface area contributed by atoms with Crippen LogP contribution in [0.2, 0.25) is 0 Å². The minimum atomic E-state index is 1.15. The van der Waals surface area contributed by atoms with Gasteiger partial charge in [0.2, 0.25) is 5.52 Å². The number of aryl methyl sites for hydroxylation is 2. The topological polar surface area (TPSA) is 3.88 Å². The second-order valence-electron chi connectivity index (χ2n) is 4.21. The van der Waals surface area contributed by atoms with Crippen molar-refractivity contribution in [3.63, 3.8) is 0 Å². The maximum Gasteiger partial charge on any atom is 0.212 e. The summed E-state index contributed by atoms with van der Waals surface area (Å²) in [6.07, 6.45) is 2.35. The average Bonchev–Trinajstić information content (AvgIpc) is 2.32. The lowest BCUT2D eigenvalue weighted by Crippen LogP contribution is -2.36. The van der Waals surface area contributed by atoms with E-state index < -0.39 is 0 Å². The lowest BCUT2D eigenvalue weighted by molar-refractivity contribution is -0.653. The van der Waals surface area contributed by atoms with Crippen molar-refractivity contribution in [3.8, 4) is 0 Å². The molecule has 0 unspecified atom stereocenters. The third kappa shape index (κ3) is 1.83. The van der Waals surface area contributed by atoms with Crippen molar-refractivity contribution in [1.82, 2.24) is 0 Å². The molecule has 0 fully saturated rings. The van der Waals surface area contributed by atoms with Gasteiger partial charge in [0, 0.05) is 12.5 Å². The predicted molar refractivity (Wildman–Crippen MR) is 76.6 cm³/mol. The molecule has 0 saturated carbocycles. The van der Waals surface area contributed by atoms with Gasteiger partial charge in [-0.1, -0.05) is 19.1 Å². The quantitative estimate of drug-likeness (QED) is 0.587. The molecule has 1 aromatic carbocycles. The van der Waals surface area contributed by atoms with E-state index in [-0.39, 0.29) is 0 Å². The molecule has 84 valence electrons. The van der Waals surface area contributed by atoms with Crippen LogP contribution in [-0.2, 0) is 13.5 Å². The zero-order valence-corrected chi connectivity index (χ0v) is 12.2. The van der Waals surface area contributed by atoms with Crippen molar-refractivity contribution in [2.24, 2.45) is 7.05 Å². The standard InChI is InChI=1S/C14H17IN/c1-4-7-13-14(15)10(2)11-8-5-6-9-12(11)16(13)3/h5-6,8-9H,4,7H2,1-3H3/q+1. The molecule has 0 radical (unpaired) electrons. The summed E-state index contributed by atoms with van der Waals surface area (Å²) < 4.78 is 3.76. The third-order valence-electron chi connectivity index (χ3n) is 3.14. The minimum Gasteiger partial charge on any atom is -0.197 e. The normalized spacial score (nSPS) is 11.0. The first-order chi connectivity index (χ1) is 7.66. The van der Waals surface area contributed by atoms with Crippen molar-refractivity contribution >= 4 is 33.5 Å². The number of benzene rings is 1. The highest BCUT2D eigenvalue weighted by Gasteiger charge is 2.18. The summed E-state index contributed by atoms with van der Waals surface area (Å²) in [4.78, 5) is 0. The molecule has 0 aliphatic carbocycles. The molecule has 0 N–H and O–H groups in total. The number of rotatable bonds is 2. The van der Waals surface area contributed by atoms with Gasteiger partial charge in [0.25, 0.3) is 0 Å². The lowest BCUT2D eigenvalue weighted by Gasteiger charge is -2.08. The highest BCUT2D eigenvalue weighted by atomic mass is 127. The highest BCUT2D eigenvalue weighted by molar-refractivity contribution is 14.1. The lowest BCUT2D eigenvalue weighted by atomic mass is 10.1. The zero-order valence-electron chi connectivity index (χ0n) is 10.0. The second-order valence-corrected chi connectivity index (χ2v) is 5.29. The number of nitrogens with zero attached hydrogens (tertiary/aromatic N) is 1. The van der Waals surface area contributed by atoms with E-state index in [1.54, 1.807) is 0 Å². The molecule has 2 rings (SSSR count). The van der Waals surface area contributed by atoms with Gasteiger partial charge in [-0.2, -0.15) is 4.57 Å². The Morgan fingerprint density at radius 1 is 1.25 bits per heavy atom. The van der Waals surface area contributed by atoms with Gasteiger partial charge in [-0.25, -0.2) is 0 Å². The number of aromatic nitrogens is 1. The maximum absolute atomic E-state index is 2.48. The molecule has 0 atom stereocenters. The zero-order chi connectivity index (χ0) is 11.7. The van der Waals surface area contributed by atoms with Crippen molar-refractivity contribution in [3.05, 3.63) is 39.1 Å². The molecule has 1 heterocycles. The number of halogens is 1. The first-order valence-corrected chi connectivity index (χ1v) is 6.80. The summed E-state index contributed by atoms with van der Waals surface area (Å²) in [6, 6.07) is 8.65. The van der Waals surface area contributed by atoms with E-state index in [0.717, 1.165) is 6.42 Å². The van der Waals surface area contributed by atoms with Gasteiger partial charge in [-0.05, 0) is 47.6 Å². The van der Waals surface area contributed by atoms with E-state index in [2.05, 4.69) is 72.3 Å². The summed E-state index contributed by atoms with van der Waals surface area (Å²) in [5.41, 5.74) is 4.21. The summed E-state index contributed by atoms with van der Waals surface area (Å²) in [7, 11) is 2.18. The van der Waals surface area contributed by atoms with Gasteiger partial charge in [0.1, 0.15) is 7.05 Å². The van der Waals surface area contributed by atoms with Crippen LogP contribution in [-0.4, -0.2) is 0 Å². The Labute approximate surface area is 111 Å². The first-order valence-electron chi connectivity index (χ1n) is 5.72. The molecule has 1 aromatic heterocycles. The largest absolute Gasteiger partial charge is 0.212 e. The summed E-state index contributed by atoms with van der Waals surface area (Å²) in [5.74, 6) is 0. The van der Waals surface area contributed by atoms with E-state index in [4.69, 9.17) is 0 Å². The first kappa shape index (κ1) is 11.8. The molecule has 2 aromatic rings. The van der Waals surface area contributed by atoms with Crippen molar-refractivity contribution in [2.45, 2.75) is 26.7 Å². The molecule has 1 nitrogen and oxygen atoms in total. The molecule has 2 heteroatoms. The van der Waals surface area contributed by atoms with E-state index in [0.29, 0.717) is 0 Å². The van der Waals surface area contributed by atoms with Crippen LogP contribution in [0.4, 0.5) is 0 Å². The van der Waals surface area contributed by atoms with E-state index in [1.165, 1.54) is 32.2 Å². The van der Waals surface area contributed by atoms with Crippen LogP contribution in [0, 0.1) is 10.5 Å². The summed E-state index contributed by atoms with van der Waals surface area (Å²) >= 11 is 2.48. The van der Waals surface area contributed by atoms with Crippen LogP contribution >= 0.6 is 22.6 Å². The number of para-hydroxylation sites is 1. The molecule has 0 aliphatic rings. The van der Waals surface area contributed by atoms with Gasteiger partial charge < -0.3 is 0 Å². The molecule has 16 heavy (non-hydrogen) atoms. The van der Waals surface area contributed by atoms with Gasteiger partial charge in [-0.15, -0.1) is 0 Å². The minimum absolute atomic E-state index is 1.15. The van der Waals surface area contributed by atoms with Crippen LogP contribution < -0.4 is 4.57 Å². The fourth-order valence-electron chi connectivity index (χ4n) is 2.22. The molecule has 0 saturated heterocycles. The Morgan fingerprint density at radius 2 is 1.94 bits per heavy atom. The fourth-order valence-corrected chi connectivity index (χ4v) is 3.15. The van der Waals surface area contributed by atoms with Gasteiger partial charge in [-0.3, -0.25) is 0 Å². The van der Waals surface area contributed by atoms with E-state index >= 15 is 0 Å². The average molecular weight is 326 g/mol. The van der Waals surface area contributed by atoms with Gasteiger partial charge in [0.15, 0.2) is 5.69 Å². The van der Waals surface area contributed by atoms with Crippen LogP contribution in [0.3, 0.4) is 0 Å². The van der Waals surface area contributed by atoms with Gasteiger partial charge >= 0.3 is 0 Å². The van der Waals surface area contributed by atoms with Crippen molar-refractivity contribution in [2.75, 3.05) is 0 Å². The van der Waals surface area contributed by atoms with Crippen LogP contribution in [0.5, 0.6) is 0 Å². The Kier molecular flexibility index (Phi) is 3.47. The monoisotopic (exact) mass is 326 g/mol. The predicted octanol–water partition coefficient (Wildman–Crippen LogP) is 3.53. The SMILES string of the molecule is CCCc1c(I)c(C)c2ccccc2[n+]1C. The number of fused-ring (bicyclic) bond motifs is 1. The Bertz CT molecular complexity index is 532. The molecule has 0 amide bonds. The summed E-state index contributed by atoms with van der Waals surface area (Å²) in [6.45, 7) is 4.46. The smallest absolute Gasteiger partial charge is 0.197 e. The Balaban J connectivity index is 2.83. The molecular formula is C14H17IN+. The maximum atomic E-state index is 2.48. The Hall–Kier alpha value is -0.640. The molecule has 0 bridgehead atoms. The van der Waals surface area contributed by atoms with Crippen molar-refractivity contribution in [1.29, 1.82) is 0 Å². The molecular weight excluding hydrogens is 309 g/mol. The van der Waals surface area contributed by atoms with E-state index in [9.17, 15) is 0 Å². The molecule has 0 aliphatic heterocycles. The van der Waals surface area contributed by atoms with Crippen LogP contribution in [0.25, 0.3) is 10.9 Å². The number of hydrogen-bond donors (Lipinski definition) is 0. The van der Waals surface area contributed by atoms with Crippen molar-refractivity contribution < 1.29 is 4.57 Å².